The lowest BCUT2D eigenvalue weighted by atomic mass is 10.1. The van der Waals surface area contributed by atoms with Gasteiger partial charge in [-0.15, -0.1) is 11.3 Å². The van der Waals surface area contributed by atoms with Gasteiger partial charge in [0.1, 0.15) is 0 Å². The Labute approximate surface area is 122 Å². The monoisotopic (exact) mass is 294 g/mol. The van der Waals surface area contributed by atoms with Crippen molar-refractivity contribution < 1.29 is 14.4 Å². The second kappa shape index (κ2) is 6.65. The number of ketones is 1. The van der Waals surface area contributed by atoms with Gasteiger partial charge in [-0.3, -0.25) is 14.4 Å². The maximum atomic E-state index is 11.9. The van der Waals surface area contributed by atoms with Crippen LogP contribution in [-0.2, 0) is 9.59 Å². The summed E-state index contributed by atoms with van der Waals surface area (Å²) in [6.07, 6.45) is 1.01. The van der Waals surface area contributed by atoms with Gasteiger partial charge in [0.2, 0.25) is 11.8 Å². The summed E-state index contributed by atoms with van der Waals surface area (Å²) in [5, 5.41) is 1.87. The summed E-state index contributed by atoms with van der Waals surface area (Å²) in [6.45, 7) is 3.20. The molecular weight excluding hydrogens is 276 g/mol. The first kappa shape index (κ1) is 14.7. The third kappa shape index (κ3) is 3.45. The molecule has 0 aromatic carbocycles. The van der Waals surface area contributed by atoms with Crippen molar-refractivity contribution in [3.8, 4) is 0 Å². The fourth-order valence-corrected chi connectivity index (χ4v) is 2.88. The summed E-state index contributed by atoms with van der Waals surface area (Å²) in [6, 6.07) is 3.66. The minimum atomic E-state index is -0.0324. The Morgan fingerprint density at radius 3 is 2.60 bits per heavy atom. The first-order valence-corrected chi connectivity index (χ1v) is 7.62. The molecule has 2 rings (SSSR count). The number of likely N-dealkylation sites (N-methyl/N-ethyl adjacent to an activating group) is 1. The Kier molecular flexibility index (Phi) is 4.89. The van der Waals surface area contributed by atoms with Crippen molar-refractivity contribution in [1.82, 2.24) is 9.80 Å². The van der Waals surface area contributed by atoms with Gasteiger partial charge in [0, 0.05) is 19.5 Å². The fraction of sp³-hybridized carbons (Fsp3) is 0.500. The van der Waals surface area contributed by atoms with Crippen molar-refractivity contribution in [3.63, 3.8) is 0 Å². The number of nitrogens with zero attached hydrogens (tertiary/aromatic N) is 2. The predicted octanol–water partition coefficient (Wildman–Crippen LogP) is 1.40. The zero-order chi connectivity index (χ0) is 14.5. The highest BCUT2D eigenvalue weighted by molar-refractivity contribution is 7.12. The highest BCUT2D eigenvalue weighted by Crippen LogP contribution is 2.13. The van der Waals surface area contributed by atoms with E-state index in [0.29, 0.717) is 25.9 Å². The molecule has 0 saturated carbocycles. The van der Waals surface area contributed by atoms with Gasteiger partial charge < -0.3 is 9.80 Å². The molecule has 1 saturated heterocycles. The second-order valence-corrected chi connectivity index (χ2v) is 5.67. The van der Waals surface area contributed by atoms with Gasteiger partial charge in [0.25, 0.3) is 0 Å². The van der Waals surface area contributed by atoms with Crippen molar-refractivity contribution in [2.45, 2.75) is 19.8 Å². The largest absolute Gasteiger partial charge is 0.332 e. The van der Waals surface area contributed by atoms with Crippen LogP contribution in [0.2, 0.25) is 0 Å². The molecule has 1 fully saturated rings. The second-order valence-electron chi connectivity index (χ2n) is 4.73. The molecule has 0 aliphatic carbocycles. The zero-order valence-electron chi connectivity index (χ0n) is 11.5. The summed E-state index contributed by atoms with van der Waals surface area (Å²) in [7, 11) is 0. The van der Waals surface area contributed by atoms with Gasteiger partial charge in [-0.2, -0.15) is 0 Å². The quantitative estimate of drug-likeness (QED) is 0.745. The Balaban J connectivity index is 1.78. The molecule has 0 unspecified atom stereocenters. The van der Waals surface area contributed by atoms with E-state index in [1.807, 2.05) is 24.4 Å². The van der Waals surface area contributed by atoms with E-state index in [1.165, 1.54) is 11.3 Å². The van der Waals surface area contributed by atoms with Crippen molar-refractivity contribution in [2.75, 3.05) is 26.2 Å². The Morgan fingerprint density at radius 1 is 1.25 bits per heavy atom. The average Bonchev–Trinajstić information content (AvgIpc) is 2.96. The SMILES string of the molecule is CCN1CC(=O)N(CCCC(=O)c2cccs2)CC1=O. The van der Waals surface area contributed by atoms with E-state index >= 15 is 0 Å². The summed E-state index contributed by atoms with van der Waals surface area (Å²) in [4.78, 5) is 39.3. The van der Waals surface area contributed by atoms with Gasteiger partial charge in [0.15, 0.2) is 5.78 Å². The van der Waals surface area contributed by atoms with Crippen molar-refractivity contribution in [2.24, 2.45) is 0 Å². The summed E-state index contributed by atoms with van der Waals surface area (Å²) in [5.74, 6) is 0.0534. The molecule has 0 radical (unpaired) electrons. The van der Waals surface area contributed by atoms with Crippen LogP contribution in [0.5, 0.6) is 0 Å². The third-order valence-corrected chi connectivity index (χ3v) is 4.28. The molecule has 5 nitrogen and oxygen atoms in total. The van der Waals surface area contributed by atoms with E-state index in [4.69, 9.17) is 0 Å². The van der Waals surface area contributed by atoms with Gasteiger partial charge in [0.05, 0.1) is 18.0 Å². The molecule has 6 heteroatoms. The number of carbonyl (C=O) groups excluding carboxylic acids is 3. The third-order valence-electron chi connectivity index (χ3n) is 3.37. The van der Waals surface area contributed by atoms with E-state index < -0.39 is 0 Å². The summed E-state index contributed by atoms with van der Waals surface area (Å²) in [5.41, 5.74) is 0. The Morgan fingerprint density at radius 2 is 1.95 bits per heavy atom. The molecule has 1 aliphatic rings. The van der Waals surface area contributed by atoms with Crippen LogP contribution in [0.1, 0.15) is 29.4 Å². The number of thiophene rings is 1. The smallest absolute Gasteiger partial charge is 0.242 e. The van der Waals surface area contributed by atoms with Crippen LogP contribution in [-0.4, -0.2) is 53.6 Å². The van der Waals surface area contributed by atoms with Crippen molar-refractivity contribution >= 4 is 28.9 Å². The minimum absolute atomic E-state index is 0.0170. The molecule has 108 valence electrons. The van der Waals surface area contributed by atoms with Crippen LogP contribution in [0.25, 0.3) is 0 Å². The molecular formula is C14H18N2O3S. The molecule has 1 aliphatic heterocycles. The minimum Gasteiger partial charge on any atom is -0.332 e. The van der Waals surface area contributed by atoms with Crippen molar-refractivity contribution in [3.05, 3.63) is 22.4 Å². The van der Waals surface area contributed by atoms with Crippen molar-refractivity contribution in [1.29, 1.82) is 0 Å². The molecule has 20 heavy (non-hydrogen) atoms. The number of amides is 2. The van der Waals surface area contributed by atoms with E-state index in [1.54, 1.807) is 9.80 Å². The fourth-order valence-electron chi connectivity index (χ4n) is 2.19. The van der Waals surface area contributed by atoms with E-state index in [0.717, 1.165) is 4.88 Å². The van der Waals surface area contributed by atoms with Gasteiger partial charge >= 0.3 is 0 Å². The molecule has 0 bridgehead atoms. The maximum Gasteiger partial charge on any atom is 0.242 e. The summed E-state index contributed by atoms with van der Waals surface area (Å²) >= 11 is 1.43. The molecule has 2 heterocycles. The molecule has 0 N–H and O–H groups in total. The van der Waals surface area contributed by atoms with Crippen LogP contribution in [0.4, 0.5) is 0 Å². The first-order chi connectivity index (χ1) is 9.61. The first-order valence-electron chi connectivity index (χ1n) is 6.74. The van der Waals surface area contributed by atoms with Crippen LogP contribution >= 0.6 is 11.3 Å². The lowest BCUT2D eigenvalue weighted by molar-refractivity contribution is -0.149. The van der Waals surface area contributed by atoms with Crippen LogP contribution in [0.3, 0.4) is 0 Å². The van der Waals surface area contributed by atoms with E-state index in [2.05, 4.69) is 0 Å². The number of Topliss-reactive ketones (excluding diaryl/α,β-unsaturated/α-hetero) is 1. The van der Waals surface area contributed by atoms with Gasteiger partial charge in [-0.25, -0.2) is 0 Å². The van der Waals surface area contributed by atoms with Crippen LogP contribution in [0.15, 0.2) is 17.5 Å². The van der Waals surface area contributed by atoms with Crippen LogP contribution < -0.4 is 0 Å². The molecule has 2 amide bonds. The highest BCUT2D eigenvalue weighted by Gasteiger charge is 2.28. The average molecular weight is 294 g/mol. The topological polar surface area (TPSA) is 57.7 Å². The lowest BCUT2D eigenvalue weighted by Gasteiger charge is -2.33. The van der Waals surface area contributed by atoms with Gasteiger partial charge in [-0.05, 0) is 24.8 Å². The molecule has 1 aromatic rings. The molecule has 0 atom stereocenters. The normalized spacial score (nSPS) is 15.8. The molecule has 0 spiro atoms. The van der Waals surface area contributed by atoms with Gasteiger partial charge in [-0.1, -0.05) is 6.07 Å². The lowest BCUT2D eigenvalue weighted by Crippen LogP contribution is -2.53. The Bertz CT molecular complexity index is 499. The number of piperazine rings is 1. The number of carbonyl (C=O) groups is 3. The predicted molar refractivity (Wildman–Crippen MR) is 76.7 cm³/mol. The van der Waals surface area contributed by atoms with E-state index in [-0.39, 0.29) is 30.7 Å². The van der Waals surface area contributed by atoms with E-state index in [9.17, 15) is 14.4 Å². The maximum absolute atomic E-state index is 11.9. The number of rotatable bonds is 6. The number of hydrogen-bond acceptors (Lipinski definition) is 4. The summed E-state index contributed by atoms with van der Waals surface area (Å²) < 4.78 is 0. The highest BCUT2D eigenvalue weighted by atomic mass is 32.1. The zero-order valence-corrected chi connectivity index (χ0v) is 12.3. The standard InChI is InChI=1S/C14H18N2O3S/c1-2-15-9-14(19)16(10-13(15)18)7-3-5-11(17)12-6-4-8-20-12/h4,6,8H,2-3,5,7,9-10H2,1H3. The van der Waals surface area contributed by atoms with Crippen LogP contribution in [0, 0.1) is 0 Å². The number of hydrogen-bond donors (Lipinski definition) is 0. The molecule has 1 aromatic heterocycles. The Hall–Kier alpha value is -1.69.